The molecule has 1 heterocycles. The fraction of sp³-hybridized carbons (Fsp3) is 0.400. The molecule has 0 aliphatic heterocycles. The molecule has 1 aromatic carbocycles. The number of ether oxygens (including phenoxy) is 1. The lowest BCUT2D eigenvalue weighted by Gasteiger charge is -2.22. The van der Waals surface area contributed by atoms with E-state index in [-0.39, 0.29) is 5.41 Å². The Kier molecular flexibility index (Phi) is 3.70. The van der Waals surface area contributed by atoms with Gasteiger partial charge in [0.25, 0.3) is 0 Å². The third-order valence-corrected chi connectivity index (χ3v) is 2.86. The molecule has 1 aromatic heterocycles. The second-order valence-corrected chi connectivity index (χ2v) is 5.40. The number of hydrogen-bond donors (Lipinski definition) is 0. The van der Waals surface area contributed by atoms with Crippen LogP contribution < -0.4 is 4.74 Å². The lowest BCUT2D eigenvalue weighted by Crippen LogP contribution is -2.15. The third kappa shape index (κ3) is 3.13. The molecule has 0 bridgehead atoms. The topological polar surface area (TPSA) is 27.1 Å². The quantitative estimate of drug-likeness (QED) is 0.825. The average molecular weight is 244 g/mol. The maximum atomic E-state index is 5.89. The molecule has 0 unspecified atom stereocenters. The maximum absolute atomic E-state index is 5.89. The molecule has 0 N–H and O–H groups in total. The predicted molar refractivity (Wildman–Crippen MR) is 72.9 cm³/mol. The fourth-order valence-electron chi connectivity index (χ4n) is 1.89. The van der Waals surface area contributed by atoms with Gasteiger partial charge in [0.05, 0.1) is 12.9 Å². The van der Waals surface area contributed by atoms with Crippen LogP contribution in [0.5, 0.6) is 5.75 Å². The molecule has 2 aromatic rings. The molecule has 0 spiro atoms. The van der Waals surface area contributed by atoms with Crippen molar-refractivity contribution in [3.8, 4) is 5.75 Å². The van der Waals surface area contributed by atoms with Gasteiger partial charge in [-0.1, -0.05) is 39.0 Å². The van der Waals surface area contributed by atoms with Crippen molar-refractivity contribution in [2.45, 2.75) is 32.7 Å². The summed E-state index contributed by atoms with van der Waals surface area (Å²) in [6, 6.07) is 8.24. The summed E-state index contributed by atoms with van der Waals surface area (Å²) in [7, 11) is 0. The summed E-state index contributed by atoms with van der Waals surface area (Å²) in [5.74, 6) is 0.977. The first-order valence-electron chi connectivity index (χ1n) is 6.25. The molecule has 0 saturated carbocycles. The van der Waals surface area contributed by atoms with Crippen molar-refractivity contribution in [3.05, 3.63) is 48.5 Å². The van der Waals surface area contributed by atoms with Crippen LogP contribution >= 0.6 is 0 Å². The number of rotatable bonds is 4. The van der Waals surface area contributed by atoms with E-state index in [1.807, 2.05) is 22.9 Å². The van der Waals surface area contributed by atoms with Gasteiger partial charge in [0.2, 0.25) is 0 Å². The highest BCUT2D eigenvalue weighted by molar-refractivity contribution is 5.38. The number of aromatic nitrogens is 2. The van der Waals surface area contributed by atoms with Crippen LogP contribution in [0, 0.1) is 0 Å². The van der Waals surface area contributed by atoms with Crippen molar-refractivity contribution in [2.75, 3.05) is 6.61 Å². The van der Waals surface area contributed by atoms with E-state index in [0.29, 0.717) is 6.61 Å². The Bertz CT molecular complexity index is 483. The summed E-state index contributed by atoms with van der Waals surface area (Å²) in [4.78, 5) is 4.01. The van der Waals surface area contributed by atoms with Crippen molar-refractivity contribution in [1.29, 1.82) is 0 Å². The monoisotopic (exact) mass is 244 g/mol. The van der Waals surface area contributed by atoms with Gasteiger partial charge in [-0.15, -0.1) is 0 Å². The molecule has 0 fully saturated rings. The lowest BCUT2D eigenvalue weighted by atomic mass is 9.86. The van der Waals surface area contributed by atoms with E-state index in [4.69, 9.17) is 4.74 Å². The molecule has 3 heteroatoms. The van der Waals surface area contributed by atoms with E-state index in [0.717, 1.165) is 12.3 Å². The summed E-state index contributed by atoms with van der Waals surface area (Å²) < 4.78 is 7.90. The molecule has 2 rings (SSSR count). The maximum Gasteiger partial charge on any atom is 0.123 e. The minimum absolute atomic E-state index is 0.103. The number of benzene rings is 1. The molecule has 0 aliphatic carbocycles. The third-order valence-electron chi connectivity index (χ3n) is 2.86. The molecule has 96 valence electrons. The van der Waals surface area contributed by atoms with Gasteiger partial charge < -0.3 is 9.30 Å². The molecule has 0 aliphatic rings. The average Bonchev–Trinajstić information content (AvgIpc) is 2.81. The van der Waals surface area contributed by atoms with Crippen LogP contribution in [-0.4, -0.2) is 16.2 Å². The van der Waals surface area contributed by atoms with Crippen molar-refractivity contribution in [3.63, 3.8) is 0 Å². The predicted octanol–water partition coefficient (Wildman–Crippen LogP) is 3.26. The van der Waals surface area contributed by atoms with E-state index in [9.17, 15) is 0 Å². The Morgan fingerprint density at radius 3 is 2.67 bits per heavy atom. The minimum Gasteiger partial charge on any atom is -0.491 e. The Labute approximate surface area is 108 Å². The number of imidazole rings is 1. The largest absolute Gasteiger partial charge is 0.491 e. The molecular weight excluding hydrogens is 224 g/mol. The van der Waals surface area contributed by atoms with Crippen molar-refractivity contribution < 1.29 is 4.74 Å². The molecule has 0 atom stereocenters. The highest BCUT2D eigenvalue weighted by Crippen LogP contribution is 2.30. The second kappa shape index (κ2) is 5.25. The van der Waals surface area contributed by atoms with Crippen LogP contribution in [0.3, 0.4) is 0 Å². The molecule has 3 nitrogen and oxygen atoms in total. The first kappa shape index (κ1) is 12.7. The van der Waals surface area contributed by atoms with Gasteiger partial charge in [-0.2, -0.15) is 0 Å². The molecule has 0 amide bonds. The Balaban J connectivity index is 2.01. The van der Waals surface area contributed by atoms with Crippen LogP contribution in [0.4, 0.5) is 0 Å². The Hall–Kier alpha value is -1.77. The highest BCUT2D eigenvalue weighted by atomic mass is 16.5. The van der Waals surface area contributed by atoms with Crippen LogP contribution in [0.15, 0.2) is 43.0 Å². The summed E-state index contributed by atoms with van der Waals surface area (Å²) in [5, 5.41) is 0. The zero-order valence-corrected chi connectivity index (χ0v) is 11.3. The standard InChI is InChI=1S/C15H20N2O/c1-15(2,3)13-6-4-5-7-14(13)18-11-10-17-9-8-16-12-17/h4-9,12H,10-11H2,1-3H3. The van der Waals surface area contributed by atoms with Gasteiger partial charge in [-0.05, 0) is 17.0 Å². The zero-order chi connectivity index (χ0) is 13.0. The van der Waals surface area contributed by atoms with Gasteiger partial charge in [0.1, 0.15) is 12.4 Å². The van der Waals surface area contributed by atoms with E-state index >= 15 is 0 Å². The lowest BCUT2D eigenvalue weighted by molar-refractivity contribution is 0.291. The van der Waals surface area contributed by atoms with Gasteiger partial charge >= 0.3 is 0 Å². The van der Waals surface area contributed by atoms with Crippen LogP contribution in [-0.2, 0) is 12.0 Å². The van der Waals surface area contributed by atoms with Crippen molar-refractivity contribution >= 4 is 0 Å². The fourth-order valence-corrected chi connectivity index (χ4v) is 1.89. The van der Waals surface area contributed by atoms with Gasteiger partial charge in [0, 0.05) is 12.4 Å². The van der Waals surface area contributed by atoms with Crippen LogP contribution in [0.25, 0.3) is 0 Å². The molecular formula is C15H20N2O. The molecule has 0 radical (unpaired) electrons. The number of nitrogens with zero attached hydrogens (tertiary/aromatic N) is 2. The summed E-state index contributed by atoms with van der Waals surface area (Å²) >= 11 is 0. The van der Waals surface area contributed by atoms with E-state index in [1.54, 1.807) is 12.5 Å². The van der Waals surface area contributed by atoms with Gasteiger partial charge in [-0.25, -0.2) is 4.98 Å². The van der Waals surface area contributed by atoms with Crippen LogP contribution in [0.1, 0.15) is 26.3 Å². The summed E-state index contributed by atoms with van der Waals surface area (Å²) in [6.07, 6.45) is 5.53. The van der Waals surface area contributed by atoms with Crippen molar-refractivity contribution in [1.82, 2.24) is 9.55 Å². The minimum atomic E-state index is 0.103. The highest BCUT2D eigenvalue weighted by Gasteiger charge is 2.18. The van der Waals surface area contributed by atoms with Gasteiger partial charge in [-0.3, -0.25) is 0 Å². The Morgan fingerprint density at radius 1 is 1.22 bits per heavy atom. The van der Waals surface area contributed by atoms with Gasteiger partial charge in [0.15, 0.2) is 0 Å². The summed E-state index contributed by atoms with van der Waals surface area (Å²) in [5.41, 5.74) is 1.35. The van der Waals surface area contributed by atoms with E-state index < -0.39 is 0 Å². The first-order chi connectivity index (χ1) is 8.57. The SMILES string of the molecule is CC(C)(C)c1ccccc1OCCn1ccnc1. The second-order valence-electron chi connectivity index (χ2n) is 5.40. The first-order valence-corrected chi connectivity index (χ1v) is 6.25. The van der Waals surface area contributed by atoms with E-state index in [2.05, 4.69) is 37.9 Å². The molecule has 18 heavy (non-hydrogen) atoms. The van der Waals surface area contributed by atoms with E-state index in [1.165, 1.54) is 5.56 Å². The smallest absolute Gasteiger partial charge is 0.123 e. The van der Waals surface area contributed by atoms with Crippen LogP contribution in [0.2, 0.25) is 0 Å². The van der Waals surface area contributed by atoms with Crippen molar-refractivity contribution in [2.24, 2.45) is 0 Å². The Morgan fingerprint density at radius 2 is 2.00 bits per heavy atom. The zero-order valence-electron chi connectivity index (χ0n) is 11.3. The number of hydrogen-bond acceptors (Lipinski definition) is 2. The normalized spacial score (nSPS) is 11.5. The molecule has 0 saturated heterocycles. The number of para-hydroxylation sites is 1. The summed E-state index contributed by atoms with van der Waals surface area (Å²) in [6.45, 7) is 8.07.